The van der Waals surface area contributed by atoms with Gasteiger partial charge in [0.05, 0.1) is 0 Å². The number of hydrogen-bond acceptors (Lipinski definition) is 3. The van der Waals surface area contributed by atoms with Crippen LogP contribution in [0.1, 0.15) is 13.3 Å². The Balaban J connectivity index is 1.69. The van der Waals surface area contributed by atoms with Crippen LogP contribution in [0.2, 0.25) is 5.02 Å². The molecule has 2 aromatic carbocycles. The van der Waals surface area contributed by atoms with Crippen LogP contribution in [-0.4, -0.2) is 32.1 Å². The minimum atomic E-state index is -0.560. The summed E-state index contributed by atoms with van der Waals surface area (Å²) < 4.78 is 5.60. The first-order chi connectivity index (χ1) is 11.6. The molecular formula is C19H23ClN2O2. The van der Waals surface area contributed by atoms with Gasteiger partial charge in [0.15, 0.2) is 6.10 Å². The molecule has 0 aromatic heterocycles. The van der Waals surface area contributed by atoms with Gasteiger partial charge in [-0.3, -0.25) is 4.79 Å². The van der Waals surface area contributed by atoms with E-state index >= 15 is 0 Å². The van der Waals surface area contributed by atoms with Crippen molar-refractivity contribution < 1.29 is 9.53 Å². The van der Waals surface area contributed by atoms with Crippen LogP contribution in [0.5, 0.6) is 5.75 Å². The van der Waals surface area contributed by atoms with Crippen LogP contribution < -0.4 is 15.0 Å². The molecule has 0 heterocycles. The monoisotopic (exact) mass is 346 g/mol. The lowest BCUT2D eigenvalue weighted by atomic mass is 10.3. The fourth-order valence-electron chi connectivity index (χ4n) is 2.28. The largest absolute Gasteiger partial charge is 0.481 e. The van der Waals surface area contributed by atoms with E-state index < -0.39 is 6.10 Å². The molecular weight excluding hydrogens is 324 g/mol. The smallest absolute Gasteiger partial charge is 0.260 e. The number of anilines is 1. The van der Waals surface area contributed by atoms with E-state index in [0.717, 1.165) is 13.0 Å². The minimum Gasteiger partial charge on any atom is -0.481 e. The molecule has 1 atom stereocenters. The Hall–Kier alpha value is -2.20. The number of halogens is 1. The lowest BCUT2D eigenvalue weighted by Crippen LogP contribution is -2.37. The summed E-state index contributed by atoms with van der Waals surface area (Å²) in [6.07, 6.45) is 0.302. The number of ether oxygens (including phenoxy) is 1. The van der Waals surface area contributed by atoms with Gasteiger partial charge in [0.1, 0.15) is 5.75 Å². The summed E-state index contributed by atoms with van der Waals surface area (Å²) in [5.41, 5.74) is 1.17. The first-order valence-electron chi connectivity index (χ1n) is 8.02. The third kappa shape index (κ3) is 5.78. The molecule has 0 unspecified atom stereocenters. The second-order valence-electron chi connectivity index (χ2n) is 5.62. The molecule has 0 aliphatic carbocycles. The van der Waals surface area contributed by atoms with Crippen molar-refractivity contribution >= 4 is 23.2 Å². The Bertz CT molecular complexity index is 649. The summed E-state index contributed by atoms with van der Waals surface area (Å²) in [6.45, 7) is 3.21. The summed E-state index contributed by atoms with van der Waals surface area (Å²) in [6, 6.07) is 17.2. The molecule has 0 spiro atoms. The van der Waals surface area contributed by atoms with Crippen molar-refractivity contribution in [2.45, 2.75) is 19.4 Å². The number of carbonyl (C=O) groups is 1. The molecule has 0 bridgehead atoms. The first kappa shape index (κ1) is 18.1. The van der Waals surface area contributed by atoms with Gasteiger partial charge in [-0.05, 0) is 43.7 Å². The summed E-state index contributed by atoms with van der Waals surface area (Å²) in [5, 5.41) is 3.49. The molecule has 1 amide bonds. The van der Waals surface area contributed by atoms with Gasteiger partial charge in [-0.15, -0.1) is 0 Å². The zero-order valence-electron chi connectivity index (χ0n) is 14.0. The summed E-state index contributed by atoms with van der Waals surface area (Å²) in [5.74, 6) is 0.464. The molecule has 1 N–H and O–H groups in total. The number of nitrogens with one attached hydrogen (secondary N) is 1. The molecule has 0 aliphatic heterocycles. The fraction of sp³-hybridized carbons (Fsp3) is 0.316. The third-order valence-corrected chi connectivity index (χ3v) is 3.88. The molecule has 0 aliphatic rings. The third-order valence-electron chi connectivity index (χ3n) is 3.64. The summed E-state index contributed by atoms with van der Waals surface area (Å²) >= 11 is 5.91. The Labute approximate surface area is 148 Å². The van der Waals surface area contributed by atoms with Gasteiger partial charge in [-0.1, -0.05) is 35.9 Å². The maximum Gasteiger partial charge on any atom is 0.260 e. The maximum absolute atomic E-state index is 12.1. The quantitative estimate of drug-likeness (QED) is 0.740. The van der Waals surface area contributed by atoms with Crippen molar-refractivity contribution in [2.24, 2.45) is 0 Å². The topological polar surface area (TPSA) is 41.6 Å². The van der Waals surface area contributed by atoms with E-state index in [1.807, 2.05) is 25.2 Å². The molecule has 0 fully saturated rings. The lowest BCUT2D eigenvalue weighted by Gasteiger charge is -2.19. The number of carbonyl (C=O) groups excluding carboxylic acids is 1. The highest BCUT2D eigenvalue weighted by molar-refractivity contribution is 6.30. The average molecular weight is 347 g/mol. The van der Waals surface area contributed by atoms with Crippen LogP contribution in [0.3, 0.4) is 0 Å². The molecule has 24 heavy (non-hydrogen) atoms. The molecule has 0 radical (unpaired) electrons. The van der Waals surface area contributed by atoms with Crippen molar-refractivity contribution in [1.82, 2.24) is 5.32 Å². The molecule has 4 nitrogen and oxygen atoms in total. The van der Waals surface area contributed by atoms with Gasteiger partial charge in [0.2, 0.25) is 0 Å². The second-order valence-corrected chi connectivity index (χ2v) is 6.06. The first-order valence-corrected chi connectivity index (χ1v) is 8.40. The average Bonchev–Trinajstić information content (AvgIpc) is 2.59. The number of nitrogens with zero attached hydrogens (tertiary/aromatic N) is 1. The van der Waals surface area contributed by atoms with E-state index in [9.17, 15) is 4.79 Å². The molecule has 5 heteroatoms. The summed E-state index contributed by atoms with van der Waals surface area (Å²) in [7, 11) is 2.04. The Morgan fingerprint density at radius 3 is 2.67 bits per heavy atom. The predicted octanol–water partition coefficient (Wildman–Crippen LogP) is 3.75. The predicted molar refractivity (Wildman–Crippen MR) is 98.9 cm³/mol. The molecule has 2 rings (SSSR count). The van der Waals surface area contributed by atoms with E-state index in [0.29, 0.717) is 17.3 Å². The van der Waals surface area contributed by atoms with Crippen LogP contribution in [0.15, 0.2) is 54.6 Å². The number of hydrogen-bond donors (Lipinski definition) is 1. The molecule has 0 saturated heterocycles. The van der Waals surface area contributed by atoms with Crippen LogP contribution in [0, 0.1) is 0 Å². The van der Waals surface area contributed by atoms with Gasteiger partial charge in [0, 0.05) is 30.8 Å². The standard InChI is InChI=1S/C19H23ClN2O2/c1-15(24-18-11-6-8-16(20)14-18)19(23)21-12-7-13-22(2)17-9-4-3-5-10-17/h3-6,8-11,14-15H,7,12-13H2,1-2H3,(H,21,23)/t15-/m0/s1. The molecule has 0 saturated carbocycles. The van der Waals surface area contributed by atoms with Crippen molar-refractivity contribution in [3.63, 3.8) is 0 Å². The van der Waals surface area contributed by atoms with Gasteiger partial charge in [-0.25, -0.2) is 0 Å². The molecule has 2 aromatic rings. The van der Waals surface area contributed by atoms with Crippen molar-refractivity contribution in [3.8, 4) is 5.75 Å². The molecule has 128 valence electrons. The van der Waals surface area contributed by atoms with Crippen molar-refractivity contribution in [1.29, 1.82) is 0 Å². The normalized spacial score (nSPS) is 11.6. The maximum atomic E-state index is 12.1. The van der Waals surface area contributed by atoms with Crippen molar-refractivity contribution in [3.05, 3.63) is 59.6 Å². The minimum absolute atomic E-state index is 0.127. The Morgan fingerprint density at radius 2 is 1.96 bits per heavy atom. The SMILES string of the molecule is C[C@H](Oc1cccc(Cl)c1)C(=O)NCCCN(C)c1ccccc1. The van der Waals surface area contributed by atoms with Crippen LogP contribution in [0.25, 0.3) is 0 Å². The number of para-hydroxylation sites is 1. The van der Waals surface area contributed by atoms with E-state index in [1.54, 1.807) is 31.2 Å². The number of amides is 1. The van der Waals surface area contributed by atoms with Gasteiger partial charge >= 0.3 is 0 Å². The zero-order valence-corrected chi connectivity index (χ0v) is 14.8. The summed E-state index contributed by atoms with van der Waals surface area (Å²) in [4.78, 5) is 14.2. The van der Waals surface area contributed by atoms with E-state index in [-0.39, 0.29) is 5.91 Å². The highest BCUT2D eigenvalue weighted by Gasteiger charge is 2.14. The van der Waals surface area contributed by atoms with Gasteiger partial charge in [0.25, 0.3) is 5.91 Å². The number of rotatable bonds is 8. The van der Waals surface area contributed by atoms with E-state index in [1.165, 1.54) is 5.69 Å². The highest BCUT2D eigenvalue weighted by Crippen LogP contribution is 2.18. The van der Waals surface area contributed by atoms with Crippen LogP contribution in [-0.2, 0) is 4.79 Å². The van der Waals surface area contributed by atoms with Crippen LogP contribution >= 0.6 is 11.6 Å². The fourth-order valence-corrected chi connectivity index (χ4v) is 2.46. The Kier molecular flexibility index (Phi) is 6.94. The van der Waals surface area contributed by atoms with Crippen molar-refractivity contribution in [2.75, 3.05) is 25.0 Å². The highest BCUT2D eigenvalue weighted by atomic mass is 35.5. The van der Waals surface area contributed by atoms with Gasteiger partial charge < -0.3 is 15.0 Å². The van der Waals surface area contributed by atoms with Crippen LogP contribution in [0.4, 0.5) is 5.69 Å². The Morgan fingerprint density at radius 1 is 1.21 bits per heavy atom. The second kappa shape index (κ2) is 9.18. The lowest BCUT2D eigenvalue weighted by molar-refractivity contribution is -0.127. The zero-order chi connectivity index (χ0) is 17.4. The van der Waals surface area contributed by atoms with E-state index in [2.05, 4.69) is 22.3 Å². The number of benzene rings is 2. The van der Waals surface area contributed by atoms with Gasteiger partial charge in [-0.2, -0.15) is 0 Å². The van der Waals surface area contributed by atoms with E-state index in [4.69, 9.17) is 16.3 Å².